The highest BCUT2D eigenvalue weighted by atomic mass is 35.5. The van der Waals surface area contributed by atoms with Crippen molar-refractivity contribution in [3.05, 3.63) is 58.8 Å². The van der Waals surface area contributed by atoms with Crippen molar-refractivity contribution in [2.45, 2.75) is 19.4 Å². The van der Waals surface area contributed by atoms with Crippen LogP contribution in [0.1, 0.15) is 11.1 Å². The van der Waals surface area contributed by atoms with E-state index in [-0.39, 0.29) is 0 Å². The van der Waals surface area contributed by atoms with Crippen LogP contribution < -0.4 is 5.73 Å². The highest BCUT2D eigenvalue weighted by Crippen LogP contribution is 2.38. The van der Waals surface area contributed by atoms with Gasteiger partial charge in [0, 0.05) is 37.0 Å². The molecule has 0 bridgehead atoms. The number of fused-ring (bicyclic) bond motifs is 3. The molecule has 25 heavy (non-hydrogen) atoms. The third-order valence-corrected chi connectivity index (χ3v) is 4.10. The van der Waals surface area contributed by atoms with Crippen LogP contribution in [0.2, 0.25) is 5.02 Å². The predicted molar refractivity (Wildman–Crippen MR) is 95.8 cm³/mol. The van der Waals surface area contributed by atoms with Crippen molar-refractivity contribution in [1.82, 2.24) is 4.57 Å². The zero-order valence-electron chi connectivity index (χ0n) is 13.5. The maximum absolute atomic E-state index is 9.55. The van der Waals surface area contributed by atoms with E-state index in [2.05, 4.69) is 22.9 Å². The smallest absolute Gasteiger partial charge is 0.328 e. The summed E-state index contributed by atoms with van der Waals surface area (Å²) in [6.07, 6.45) is 5.41. The maximum atomic E-state index is 9.55. The molecule has 0 fully saturated rings. The quantitative estimate of drug-likeness (QED) is 0.725. The van der Waals surface area contributed by atoms with E-state index in [9.17, 15) is 9.59 Å². The molecule has 0 saturated carbocycles. The summed E-state index contributed by atoms with van der Waals surface area (Å²) in [7, 11) is 0. The lowest BCUT2D eigenvalue weighted by atomic mass is 9.90. The Morgan fingerprint density at radius 2 is 1.76 bits per heavy atom. The molecule has 3 rings (SSSR count). The molecular weight excluding hydrogens is 344 g/mol. The first-order valence-electron chi connectivity index (χ1n) is 7.73. The molecule has 2 aromatic rings. The summed E-state index contributed by atoms with van der Waals surface area (Å²) in [6, 6.07) is 8.36. The number of carbonyl (C=O) groups is 2. The molecule has 0 saturated heterocycles. The van der Waals surface area contributed by atoms with Crippen LogP contribution >= 0.6 is 11.6 Å². The van der Waals surface area contributed by atoms with Crippen LogP contribution in [0, 0.1) is 0 Å². The molecular formula is C18H19ClN2O4. The van der Waals surface area contributed by atoms with Crippen molar-refractivity contribution in [3.63, 3.8) is 0 Å². The fraction of sp³-hybridized carbons (Fsp3) is 0.222. The average Bonchev–Trinajstić information content (AvgIpc) is 2.97. The Labute approximate surface area is 150 Å². The van der Waals surface area contributed by atoms with Crippen LogP contribution in [0.25, 0.3) is 11.3 Å². The first kappa shape index (κ1) is 18.8. The number of nitrogens with two attached hydrogens (primary N) is 1. The largest absolute Gasteiger partial charge is 0.478 e. The second-order valence-corrected chi connectivity index (χ2v) is 5.86. The normalized spacial score (nSPS) is 12.1. The van der Waals surface area contributed by atoms with Crippen LogP contribution in [0.15, 0.2) is 42.6 Å². The predicted octanol–water partition coefficient (Wildman–Crippen LogP) is 2.58. The number of benzene rings is 1. The van der Waals surface area contributed by atoms with E-state index < -0.39 is 11.9 Å². The first-order valence-corrected chi connectivity index (χ1v) is 8.11. The number of aryl methyl sites for hydroxylation is 2. The molecule has 1 heterocycles. The van der Waals surface area contributed by atoms with Crippen molar-refractivity contribution in [2.75, 3.05) is 6.54 Å². The molecule has 0 radical (unpaired) electrons. The topological polar surface area (TPSA) is 106 Å². The number of hydrogen-bond acceptors (Lipinski definition) is 3. The maximum Gasteiger partial charge on any atom is 0.328 e. The Morgan fingerprint density at radius 1 is 1.12 bits per heavy atom. The monoisotopic (exact) mass is 362 g/mol. The van der Waals surface area contributed by atoms with Gasteiger partial charge in [0.25, 0.3) is 0 Å². The fourth-order valence-electron chi connectivity index (χ4n) is 2.80. The van der Waals surface area contributed by atoms with Crippen molar-refractivity contribution < 1.29 is 19.8 Å². The van der Waals surface area contributed by atoms with Gasteiger partial charge in [0.1, 0.15) is 0 Å². The van der Waals surface area contributed by atoms with Crippen molar-refractivity contribution in [1.29, 1.82) is 0 Å². The van der Waals surface area contributed by atoms with Gasteiger partial charge in [-0.05, 0) is 36.1 Å². The fourth-order valence-corrected chi connectivity index (χ4v) is 3.09. The second kappa shape index (κ2) is 8.50. The van der Waals surface area contributed by atoms with Crippen LogP contribution in [-0.2, 0) is 29.0 Å². The van der Waals surface area contributed by atoms with Crippen LogP contribution in [-0.4, -0.2) is 33.3 Å². The summed E-state index contributed by atoms with van der Waals surface area (Å²) in [5.74, 6) is -2.51. The van der Waals surface area contributed by atoms with Crippen molar-refractivity contribution in [3.8, 4) is 11.3 Å². The zero-order chi connectivity index (χ0) is 18.4. The third-order valence-electron chi connectivity index (χ3n) is 3.79. The molecule has 1 aromatic carbocycles. The van der Waals surface area contributed by atoms with Gasteiger partial charge in [-0.3, -0.25) is 0 Å². The number of aliphatic carboxylic acids is 2. The van der Waals surface area contributed by atoms with E-state index in [4.69, 9.17) is 27.5 Å². The van der Waals surface area contributed by atoms with E-state index >= 15 is 0 Å². The molecule has 1 aliphatic carbocycles. The number of rotatable bonds is 4. The Balaban J connectivity index is 0.000000242. The summed E-state index contributed by atoms with van der Waals surface area (Å²) in [5, 5.41) is 16.5. The number of carboxylic acids is 2. The van der Waals surface area contributed by atoms with Gasteiger partial charge < -0.3 is 20.5 Å². The standard InChI is InChI=1S/C14H15ClN2.C4H4O4/c15-12-3-1-2-10-4-5-11-6-8-17(9-7-16)14(11)13(10)12;5-3(6)1-2-4(7)8/h1-3,6,8H,4-5,7,9,16H2;1-2H,(H,5,6)(H,7,8)/b;2-1+. The molecule has 4 N–H and O–H groups in total. The summed E-state index contributed by atoms with van der Waals surface area (Å²) in [4.78, 5) is 19.1. The summed E-state index contributed by atoms with van der Waals surface area (Å²) in [5.41, 5.74) is 10.9. The van der Waals surface area contributed by atoms with Gasteiger partial charge in [-0.2, -0.15) is 0 Å². The second-order valence-electron chi connectivity index (χ2n) is 5.46. The number of halogens is 1. The van der Waals surface area contributed by atoms with E-state index in [0.29, 0.717) is 18.7 Å². The zero-order valence-corrected chi connectivity index (χ0v) is 14.2. The Bertz CT molecular complexity index is 795. The lowest BCUT2D eigenvalue weighted by molar-refractivity contribution is -0.134. The Hall–Kier alpha value is -2.57. The Morgan fingerprint density at radius 3 is 2.36 bits per heavy atom. The summed E-state index contributed by atoms with van der Waals surface area (Å²) in [6.45, 7) is 1.50. The molecule has 6 nitrogen and oxygen atoms in total. The Kier molecular flexibility index (Phi) is 6.38. The minimum Gasteiger partial charge on any atom is -0.478 e. The van der Waals surface area contributed by atoms with Gasteiger partial charge >= 0.3 is 11.9 Å². The summed E-state index contributed by atoms with van der Waals surface area (Å²) >= 11 is 6.35. The summed E-state index contributed by atoms with van der Waals surface area (Å²) < 4.78 is 2.22. The number of aromatic nitrogens is 1. The SMILES string of the molecule is NCCn1ccc2c1-c1c(Cl)cccc1CC2.O=C(O)/C=C/C(=O)O. The van der Waals surface area contributed by atoms with E-state index in [1.165, 1.54) is 22.4 Å². The van der Waals surface area contributed by atoms with Gasteiger partial charge in [-0.25, -0.2) is 9.59 Å². The van der Waals surface area contributed by atoms with Crippen LogP contribution in [0.3, 0.4) is 0 Å². The molecule has 0 aliphatic heterocycles. The first-order chi connectivity index (χ1) is 11.9. The molecule has 0 atom stereocenters. The lowest BCUT2D eigenvalue weighted by Gasteiger charge is -2.20. The molecule has 132 valence electrons. The van der Waals surface area contributed by atoms with Gasteiger partial charge in [-0.15, -0.1) is 0 Å². The molecule has 7 heteroatoms. The number of hydrogen-bond donors (Lipinski definition) is 3. The molecule has 1 aliphatic rings. The number of nitrogens with zero attached hydrogens (tertiary/aromatic N) is 1. The van der Waals surface area contributed by atoms with Crippen LogP contribution in [0.5, 0.6) is 0 Å². The minimum atomic E-state index is -1.26. The van der Waals surface area contributed by atoms with E-state index in [1.54, 1.807) is 0 Å². The molecule has 1 aromatic heterocycles. The highest BCUT2D eigenvalue weighted by molar-refractivity contribution is 6.33. The van der Waals surface area contributed by atoms with Crippen molar-refractivity contribution in [2.24, 2.45) is 5.73 Å². The minimum absolute atomic E-state index is 0.558. The third kappa shape index (κ3) is 4.71. The average molecular weight is 363 g/mol. The molecule has 0 unspecified atom stereocenters. The molecule has 0 spiro atoms. The van der Waals surface area contributed by atoms with Crippen molar-refractivity contribution >= 4 is 23.5 Å². The van der Waals surface area contributed by atoms with Gasteiger partial charge in [0.2, 0.25) is 0 Å². The highest BCUT2D eigenvalue weighted by Gasteiger charge is 2.21. The van der Waals surface area contributed by atoms with Crippen LogP contribution in [0.4, 0.5) is 0 Å². The van der Waals surface area contributed by atoms with E-state index in [1.807, 2.05) is 12.1 Å². The lowest BCUT2D eigenvalue weighted by Crippen LogP contribution is -2.13. The number of carboxylic acid groups (broad SMARTS) is 2. The molecule has 0 amide bonds. The van der Waals surface area contributed by atoms with Gasteiger partial charge in [0.15, 0.2) is 0 Å². The van der Waals surface area contributed by atoms with Gasteiger partial charge in [0.05, 0.1) is 10.7 Å². The van der Waals surface area contributed by atoms with E-state index in [0.717, 1.165) is 24.4 Å². The van der Waals surface area contributed by atoms with Gasteiger partial charge in [-0.1, -0.05) is 23.7 Å².